The summed E-state index contributed by atoms with van der Waals surface area (Å²) in [5.74, 6) is 0.536. The fraction of sp³-hybridized carbons (Fsp3) is 0.200. The molecule has 3 nitrogen and oxygen atoms in total. The van der Waals surface area contributed by atoms with Crippen LogP contribution in [-0.2, 0) is 0 Å². The van der Waals surface area contributed by atoms with E-state index in [-0.39, 0.29) is 0 Å². The molecule has 0 saturated heterocycles. The Morgan fingerprint density at radius 1 is 0.964 bits per heavy atom. The molecule has 4 aromatic rings. The molecule has 0 amide bonds. The largest absolute Gasteiger partial charge is 0.318 e. The van der Waals surface area contributed by atoms with Gasteiger partial charge in [0.25, 0.3) is 0 Å². The summed E-state index contributed by atoms with van der Waals surface area (Å²) >= 11 is 0. The molecule has 0 radical (unpaired) electrons. The van der Waals surface area contributed by atoms with E-state index in [0.29, 0.717) is 5.92 Å². The Kier molecular flexibility index (Phi) is 4.82. The van der Waals surface area contributed by atoms with Gasteiger partial charge in [0.05, 0.1) is 11.2 Å². The Morgan fingerprint density at radius 3 is 2.50 bits per heavy atom. The number of pyridine rings is 1. The van der Waals surface area contributed by atoms with Crippen LogP contribution < -0.4 is 0 Å². The molecule has 0 atom stereocenters. The lowest BCUT2D eigenvalue weighted by molar-refractivity contribution is 0.867. The minimum absolute atomic E-state index is 0.536. The highest BCUT2D eigenvalue weighted by atomic mass is 15.0. The first kappa shape index (κ1) is 18.2. The van der Waals surface area contributed by atoms with Crippen molar-refractivity contribution < 1.29 is 0 Å². The molecule has 0 bridgehead atoms. The molecule has 2 heterocycles. The van der Waals surface area contributed by atoms with Crippen LogP contribution in [0.4, 0.5) is 5.69 Å². The van der Waals surface area contributed by atoms with E-state index in [2.05, 4.69) is 96.8 Å². The monoisotopic (exact) mass is 367 g/mol. The summed E-state index contributed by atoms with van der Waals surface area (Å²) in [6.07, 6.45) is 3.79. The number of benzene rings is 2. The van der Waals surface area contributed by atoms with E-state index in [4.69, 9.17) is 0 Å². The lowest BCUT2D eigenvalue weighted by Gasteiger charge is -2.10. The van der Waals surface area contributed by atoms with Crippen LogP contribution in [-0.4, -0.2) is 15.8 Å². The van der Waals surface area contributed by atoms with E-state index >= 15 is 0 Å². The summed E-state index contributed by atoms with van der Waals surface area (Å²) in [5.41, 5.74) is 7.99. The van der Waals surface area contributed by atoms with Gasteiger partial charge in [0, 0.05) is 40.4 Å². The highest BCUT2D eigenvalue weighted by Gasteiger charge is 2.10. The fourth-order valence-corrected chi connectivity index (χ4v) is 3.61. The molecule has 0 N–H and O–H groups in total. The molecule has 2 aromatic heterocycles. The van der Waals surface area contributed by atoms with Crippen molar-refractivity contribution in [1.82, 2.24) is 9.55 Å². The molecular weight excluding hydrogens is 342 g/mol. The maximum atomic E-state index is 4.69. The van der Waals surface area contributed by atoms with Gasteiger partial charge in [-0.1, -0.05) is 32.0 Å². The van der Waals surface area contributed by atoms with Crippen molar-refractivity contribution in [2.75, 3.05) is 0 Å². The van der Waals surface area contributed by atoms with Crippen LogP contribution in [0.3, 0.4) is 0 Å². The first-order chi connectivity index (χ1) is 13.5. The molecule has 0 aliphatic rings. The first-order valence-corrected chi connectivity index (χ1v) is 9.71. The molecule has 4 rings (SSSR count). The molecule has 0 spiro atoms. The Balaban J connectivity index is 1.66. The number of hydrogen-bond donors (Lipinski definition) is 0. The summed E-state index contributed by atoms with van der Waals surface area (Å²) in [6.45, 7) is 8.69. The standard InChI is InChI=1S/C25H25N3/c1-17(2)20-7-9-23(10-8-20)27-16-22-14-18(3)28(19(22)4)24-11-12-25-21(15-24)6-5-13-26-25/h5-17H,1-4H3. The van der Waals surface area contributed by atoms with Crippen molar-refractivity contribution in [2.45, 2.75) is 33.6 Å². The Labute approximate surface area is 166 Å². The van der Waals surface area contributed by atoms with Gasteiger partial charge in [-0.25, -0.2) is 0 Å². The molecule has 0 saturated carbocycles. The van der Waals surface area contributed by atoms with E-state index in [1.807, 2.05) is 18.5 Å². The van der Waals surface area contributed by atoms with Crippen LogP contribution >= 0.6 is 0 Å². The van der Waals surface area contributed by atoms with Gasteiger partial charge in [0.1, 0.15) is 0 Å². The van der Waals surface area contributed by atoms with Gasteiger partial charge in [0.2, 0.25) is 0 Å². The van der Waals surface area contributed by atoms with Crippen molar-refractivity contribution in [3.8, 4) is 5.69 Å². The third-order valence-corrected chi connectivity index (χ3v) is 5.23. The average Bonchev–Trinajstić information content (AvgIpc) is 2.99. The second-order valence-electron chi connectivity index (χ2n) is 7.55. The number of fused-ring (bicyclic) bond motifs is 1. The second kappa shape index (κ2) is 7.43. The maximum Gasteiger partial charge on any atom is 0.0703 e. The summed E-state index contributed by atoms with van der Waals surface area (Å²) in [4.78, 5) is 9.10. The van der Waals surface area contributed by atoms with Crippen molar-refractivity contribution in [2.24, 2.45) is 4.99 Å². The molecule has 0 aliphatic heterocycles. The quantitative estimate of drug-likeness (QED) is 0.378. The number of hydrogen-bond acceptors (Lipinski definition) is 2. The van der Waals surface area contributed by atoms with E-state index in [0.717, 1.165) is 27.8 Å². The third kappa shape index (κ3) is 3.48. The molecule has 0 aliphatic carbocycles. The minimum atomic E-state index is 0.536. The summed E-state index contributed by atoms with van der Waals surface area (Å²) < 4.78 is 2.27. The van der Waals surface area contributed by atoms with Gasteiger partial charge in [-0.05, 0) is 67.8 Å². The highest BCUT2D eigenvalue weighted by Crippen LogP contribution is 2.24. The van der Waals surface area contributed by atoms with E-state index < -0.39 is 0 Å². The van der Waals surface area contributed by atoms with E-state index in [9.17, 15) is 0 Å². The van der Waals surface area contributed by atoms with E-state index in [1.54, 1.807) is 0 Å². The Bertz CT molecular complexity index is 1150. The van der Waals surface area contributed by atoms with Crippen LogP contribution in [0.5, 0.6) is 0 Å². The molecule has 3 heteroatoms. The van der Waals surface area contributed by atoms with Crippen molar-refractivity contribution in [3.63, 3.8) is 0 Å². The molecular formula is C25H25N3. The Morgan fingerprint density at radius 2 is 1.75 bits per heavy atom. The second-order valence-corrected chi connectivity index (χ2v) is 7.55. The molecule has 28 heavy (non-hydrogen) atoms. The summed E-state index contributed by atoms with van der Waals surface area (Å²) in [5, 5.41) is 1.15. The summed E-state index contributed by atoms with van der Waals surface area (Å²) in [7, 11) is 0. The zero-order valence-electron chi connectivity index (χ0n) is 16.8. The lowest BCUT2D eigenvalue weighted by atomic mass is 10.0. The van der Waals surface area contributed by atoms with Crippen LogP contribution in [0.1, 0.15) is 42.3 Å². The fourth-order valence-electron chi connectivity index (χ4n) is 3.61. The number of nitrogens with zero attached hydrogens (tertiary/aromatic N) is 3. The number of rotatable bonds is 4. The normalized spacial score (nSPS) is 11.8. The van der Waals surface area contributed by atoms with Gasteiger partial charge in [0.15, 0.2) is 0 Å². The summed E-state index contributed by atoms with van der Waals surface area (Å²) in [6, 6.07) is 21.1. The number of aromatic nitrogens is 2. The first-order valence-electron chi connectivity index (χ1n) is 9.71. The van der Waals surface area contributed by atoms with Gasteiger partial charge < -0.3 is 4.57 Å². The van der Waals surface area contributed by atoms with Gasteiger partial charge >= 0.3 is 0 Å². The zero-order valence-corrected chi connectivity index (χ0v) is 16.8. The van der Waals surface area contributed by atoms with Gasteiger partial charge in [-0.2, -0.15) is 0 Å². The average molecular weight is 367 g/mol. The highest BCUT2D eigenvalue weighted by molar-refractivity contribution is 5.85. The predicted molar refractivity (Wildman–Crippen MR) is 118 cm³/mol. The van der Waals surface area contributed by atoms with Gasteiger partial charge in [-0.3, -0.25) is 9.98 Å². The smallest absolute Gasteiger partial charge is 0.0703 e. The van der Waals surface area contributed by atoms with Crippen LogP contribution in [0, 0.1) is 13.8 Å². The van der Waals surface area contributed by atoms with Crippen molar-refractivity contribution in [3.05, 3.63) is 89.4 Å². The molecule has 0 unspecified atom stereocenters. The van der Waals surface area contributed by atoms with Crippen LogP contribution in [0.15, 0.2) is 71.9 Å². The molecule has 140 valence electrons. The van der Waals surface area contributed by atoms with Crippen molar-refractivity contribution >= 4 is 22.8 Å². The van der Waals surface area contributed by atoms with E-state index in [1.165, 1.54) is 17.0 Å². The van der Waals surface area contributed by atoms with Gasteiger partial charge in [-0.15, -0.1) is 0 Å². The molecule has 2 aromatic carbocycles. The minimum Gasteiger partial charge on any atom is -0.318 e. The Hall–Kier alpha value is -3.20. The lowest BCUT2D eigenvalue weighted by Crippen LogP contribution is -1.99. The number of aliphatic imine (C=N–C) groups is 1. The predicted octanol–water partition coefficient (Wildman–Crippen LogP) is 6.52. The van der Waals surface area contributed by atoms with Crippen molar-refractivity contribution in [1.29, 1.82) is 0 Å². The molecule has 0 fully saturated rings. The topological polar surface area (TPSA) is 30.2 Å². The maximum absolute atomic E-state index is 4.69. The SMILES string of the molecule is Cc1cc(C=Nc2ccc(C(C)C)cc2)c(C)n1-c1ccc2ncccc2c1. The third-order valence-electron chi connectivity index (χ3n) is 5.23. The van der Waals surface area contributed by atoms with Crippen LogP contribution in [0.2, 0.25) is 0 Å². The van der Waals surface area contributed by atoms with Crippen LogP contribution in [0.25, 0.3) is 16.6 Å². The number of aryl methyl sites for hydroxylation is 1. The zero-order chi connectivity index (χ0) is 19.7.